The van der Waals surface area contributed by atoms with Crippen LogP contribution in [0.25, 0.3) is 0 Å². The smallest absolute Gasteiger partial charge is 0.0397 e. The van der Waals surface area contributed by atoms with E-state index < -0.39 is 0 Å². The summed E-state index contributed by atoms with van der Waals surface area (Å²) in [6.07, 6.45) is 22.3. The number of nitrogens with zero attached hydrogens (tertiary/aromatic N) is 2. The third-order valence-corrected chi connectivity index (χ3v) is 5.52. The van der Waals surface area contributed by atoms with Gasteiger partial charge in [-0.2, -0.15) is 0 Å². The zero-order valence-corrected chi connectivity index (χ0v) is 17.9. The fraction of sp³-hybridized carbons (Fsp3) is 0.792. The molecule has 0 radical (unpaired) electrons. The zero-order valence-electron chi connectivity index (χ0n) is 17.9. The summed E-state index contributed by atoms with van der Waals surface area (Å²) < 4.78 is 0. The van der Waals surface area contributed by atoms with Gasteiger partial charge in [0.05, 0.1) is 0 Å². The summed E-state index contributed by atoms with van der Waals surface area (Å²) in [5, 5.41) is 0. The Hall–Kier alpha value is -1.05. The molecule has 2 rings (SSSR count). The van der Waals surface area contributed by atoms with Gasteiger partial charge in [0, 0.05) is 31.2 Å². The number of pyridine rings is 1. The highest BCUT2D eigenvalue weighted by molar-refractivity contribution is 5.44. The predicted molar refractivity (Wildman–Crippen MR) is 117 cm³/mol. The van der Waals surface area contributed by atoms with E-state index in [1.807, 2.05) is 12.4 Å². The minimum atomic E-state index is 0.901. The summed E-state index contributed by atoms with van der Waals surface area (Å²) in [4.78, 5) is 6.47. The van der Waals surface area contributed by atoms with Crippen LogP contribution in [0.4, 0.5) is 5.69 Å². The first-order valence-electron chi connectivity index (χ1n) is 11.4. The Bertz CT molecular complexity index is 386. The van der Waals surface area contributed by atoms with Crippen molar-refractivity contribution in [2.75, 3.05) is 18.0 Å². The van der Waals surface area contributed by atoms with Gasteiger partial charge in [-0.05, 0) is 30.9 Å². The van der Waals surface area contributed by atoms with Crippen LogP contribution >= 0.6 is 0 Å². The predicted octanol–water partition coefficient (Wildman–Crippen LogP) is 7.64. The van der Waals surface area contributed by atoms with E-state index in [1.165, 1.54) is 102 Å². The van der Waals surface area contributed by atoms with Gasteiger partial charge in [-0.15, -0.1) is 0 Å². The van der Waals surface area contributed by atoms with Gasteiger partial charge in [0.2, 0.25) is 0 Å². The number of hydrogen-bond donors (Lipinski definition) is 0. The Morgan fingerprint density at radius 3 is 1.62 bits per heavy atom. The third-order valence-electron chi connectivity index (χ3n) is 5.52. The molecule has 0 aromatic carbocycles. The van der Waals surface area contributed by atoms with Crippen LogP contribution < -0.4 is 4.90 Å². The molecule has 26 heavy (non-hydrogen) atoms. The molecule has 1 aromatic heterocycles. The highest BCUT2D eigenvalue weighted by Gasteiger charge is 2.15. The third kappa shape index (κ3) is 11.5. The zero-order chi connectivity index (χ0) is 18.9. The van der Waals surface area contributed by atoms with E-state index in [-0.39, 0.29) is 0 Å². The molecule has 0 atom stereocenters. The molecule has 1 saturated heterocycles. The molecule has 2 heterocycles. The monoisotopic (exact) mass is 360 g/mol. The van der Waals surface area contributed by atoms with Crippen LogP contribution in [0.3, 0.4) is 0 Å². The molecule has 0 amide bonds. The maximum Gasteiger partial charge on any atom is 0.0397 e. The molecule has 0 saturated carbocycles. The minimum Gasteiger partial charge on any atom is -0.371 e. The fourth-order valence-corrected chi connectivity index (χ4v) is 3.56. The average molecular weight is 361 g/mol. The minimum absolute atomic E-state index is 0.901. The number of hydrogen-bond acceptors (Lipinski definition) is 2. The normalized spacial score (nSPS) is 14.8. The summed E-state index contributed by atoms with van der Waals surface area (Å²) in [7, 11) is 0. The molecule has 1 aromatic rings. The van der Waals surface area contributed by atoms with Crippen LogP contribution in [0.2, 0.25) is 0 Å². The molecule has 0 bridgehead atoms. The highest BCUT2D eigenvalue weighted by Crippen LogP contribution is 2.21. The van der Waals surface area contributed by atoms with Crippen LogP contribution in [-0.4, -0.2) is 18.1 Å². The first kappa shape index (κ1) is 23.0. The van der Waals surface area contributed by atoms with E-state index >= 15 is 0 Å². The Balaban J connectivity index is 0.000000260. The van der Waals surface area contributed by atoms with Gasteiger partial charge in [0.1, 0.15) is 0 Å². The van der Waals surface area contributed by atoms with E-state index in [4.69, 9.17) is 0 Å². The van der Waals surface area contributed by atoms with Crippen molar-refractivity contribution in [3.63, 3.8) is 0 Å². The van der Waals surface area contributed by atoms with Crippen LogP contribution in [0.15, 0.2) is 24.5 Å². The lowest BCUT2D eigenvalue weighted by molar-refractivity contribution is 0.438. The first-order chi connectivity index (χ1) is 12.8. The molecule has 1 aliphatic heterocycles. The molecule has 0 spiro atoms. The van der Waals surface area contributed by atoms with Crippen molar-refractivity contribution in [2.45, 2.75) is 104 Å². The molecule has 2 nitrogen and oxygen atoms in total. The largest absolute Gasteiger partial charge is 0.371 e. The molecule has 0 N–H and O–H groups in total. The van der Waals surface area contributed by atoms with Crippen LogP contribution in [-0.2, 0) is 0 Å². The van der Waals surface area contributed by atoms with Crippen molar-refractivity contribution in [2.24, 2.45) is 5.92 Å². The molecule has 0 aliphatic carbocycles. The summed E-state index contributed by atoms with van der Waals surface area (Å²) in [5.41, 5.74) is 1.32. The summed E-state index contributed by atoms with van der Waals surface area (Å²) in [5.74, 6) is 0.901. The van der Waals surface area contributed by atoms with E-state index in [9.17, 15) is 0 Å². The van der Waals surface area contributed by atoms with E-state index in [0.29, 0.717) is 0 Å². The van der Waals surface area contributed by atoms with Gasteiger partial charge in [0.25, 0.3) is 0 Å². The summed E-state index contributed by atoms with van der Waals surface area (Å²) in [6.45, 7) is 9.30. The van der Waals surface area contributed by atoms with E-state index in [2.05, 4.69) is 42.8 Å². The molecular formula is C24H44N2. The van der Waals surface area contributed by atoms with Crippen molar-refractivity contribution in [3.05, 3.63) is 24.5 Å². The van der Waals surface area contributed by atoms with Crippen LogP contribution in [0, 0.1) is 5.92 Å². The standard InChI is InChI=1S/C13H28.C11H16N2/c1-3-5-7-9-11-13-12-10-8-6-4-2;1-10-4-8-13(9-5-10)11-2-6-12-7-3-11/h3-13H2,1-2H3;2-3,6-7,10H,4-5,8-9H2,1H3. The van der Waals surface area contributed by atoms with Crippen molar-refractivity contribution >= 4 is 5.69 Å². The van der Waals surface area contributed by atoms with E-state index in [0.717, 1.165) is 5.92 Å². The van der Waals surface area contributed by atoms with Crippen LogP contribution in [0.1, 0.15) is 104 Å². The van der Waals surface area contributed by atoms with Crippen molar-refractivity contribution in [1.82, 2.24) is 4.98 Å². The summed E-state index contributed by atoms with van der Waals surface area (Å²) >= 11 is 0. The van der Waals surface area contributed by atoms with Gasteiger partial charge in [0.15, 0.2) is 0 Å². The lowest BCUT2D eigenvalue weighted by atomic mass is 9.99. The molecule has 0 unspecified atom stereocenters. The van der Waals surface area contributed by atoms with Gasteiger partial charge in [-0.3, -0.25) is 4.98 Å². The average Bonchev–Trinajstić information content (AvgIpc) is 2.69. The lowest BCUT2D eigenvalue weighted by Crippen LogP contribution is -2.32. The maximum atomic E-state index is 4.03. The second kappa shape index (κ2) is 16.1. The lowest BCUT2D eigenvalue weighted by Gasteiger charge is -2.31. The Morgan fingerprint density at radius 2 is 1.19 bits per heavy atom. The maximum absolute atomic E-state index is 4.03. The summed E-state index contributed by atoms with van der Waals surface area (Å²) in [6, 6.07) is 4.19. The number of aromatic nitrogens is 1. The molecule has 1 aliphatic rings. The number of piperidine rings is 1. The molecule has 2 heteroatoms. The Kier molecular flexibility index (Phi) is 14.3. The van der Waals surface area contributed by atoms with E-state index in [1.54, 1.807) is 0 Å². The van der Waals surface area contributed by atoms with Crippen LogP contribution in [0.5, 0.6) is 0 Å². The SMILES string of the molecule is CC1CCN(c2ccncc2)CC1.CCCCCCCCCCCCC. The fourth-order valence-electron chi connectivity index (χ4n) is 3.56. The van der Waals surface area contributed by atoms with Gasteiger partial charge in [-0.1, -0.05) is 91.4 Å². The van der Waals surface area contributed by atoms with Gasteiger partial charge < -0.3 is 4.90 Å². The number of anilines is 1. The second-order valence-corrected chi connectivity index (χ2v) is 8.06. The van der Waals surface area contributed by atoms with Crippen molar-refractivity contribution < 1.29 is 0 Å². The number of unbranched alkanes of at least 4 members (excludes halogenated alkanes) is 10. The Morgan fingerprint density at radius 1 is 0.769 bits per heavy atom. The molecular weight excluding hydrogens is 316 g/mol. The topological polar surface area (TPSA) is 16.1 Å². The second-order valence-electron chi connectivity index (χ2n) is 8.06. The molecule has 150 valence electrons. The first-order valence-corrected chi connectivity index (χ1v) is 11.4. The Labute approximate surface area is 163 Å². The quantitative estimate of drug-likeness (QED) is 0.377. The van der Waals surface area contributed by atoms with Crippen molar-refractivity contribution in [1.29, 1.82) is 0 Å². The van der Waals surface area contributed by atoms with Crippen molar-refractivity contribution in [3.8, 4) is 0 Å². The van der Waals surface area contributed by atoms with Gasteiger partial charge in [-0.25, -0.2) is 0 Å². The van der Waals surface area contributed by atoms with Gasteiger partial charge >= 0.3 is 0 Å². The molecule has 1 fully saturated rings. The highest BCUT2D eigenvalue weighted by atomic mass is 15.1. The number of rotatable bonds is 11.